The number of pyridine rings is 1. The van der Waals surface area contributed by atoms with Crippen LogP contribution in [0.3, 0.4) is 0 Å². The zero-order valence-corrected chi connectivity index (χ0v) is 16.4. The molecular weight excluding hydrogens is 352 g/mol. The second kappa shape index (κ2) is 8.71. The third kappa shape index (κ3) is 4.51. The highest BCUT2D eigenvalue weighted by Gasteiger charge is 2.31. The van der Waals surface area contributed by atoms with Crippen LogP contribution in [-0.4, -0.2) is 60.0 Å². The third-order valence-corrected chi connectivity index (χ3v) is 5.42. The minimum absolute atomic E-state index is 0.114. The highest BCUT2D eigenvalue weighted by Crippen LogP contribution is 2.29. The standard InChI is InChI=1S/C22H28N4O2/c1-23-15-18-14-17(5-8-21(18)28-20-4-2-9-24-16-20)22(27)26-11-3-10-25(12-13-26)19-6-7-19/h2,4-5,8-9,14,16,19,23H,3,6-7,10-13,15H2,1H3. The van der Waals surface area contributed by atoms with Gasteiger partial charge in [-0.25, -0.2) is 0 Å². The van der Waals surface area contributed by atoms with Gasteiger partial charge in [0, 0.05) is 56.1 Å². The van der Waals surface area contributed by atoms with Gasteiger partial charge in [-0.1, -0.05) is 0 Å². The molecular formula is C22H28N4O2. The second-order valence-corrected chi connectivity index (χ2v) is 7.56. The third-order valence-electron chi connectivity index (χ3n) is 5.42. The fraction of sp³-hybridized carbons (Fsp3) is 0.455. The molecule has 0 unspecified atom stereocenters. The van der Waals surface area contributed by atoms with E-state index in [1.54, 1.807) is 12.4 Å². The van der Waals surface area contributed by atoms with E-state index < -0.39 is 0 Å². The molecule has 0 spiro atoms. The molecule has 1 N–H and O–H groups in total. The Hall–Kier alpha value is -2.44. The lowest BCUT2D eigenvalue weighted by atomic mass is 10.1. The van der Waals surface area contributed by atoms with Crippen molar-refractivity contribution >= 4 is 5.91 Å². The molecule has 2 aromatic rings. The summed E-state index contributed by atoms with van der Waals surface area (Å²) in [6.07, 6.45) is 7.09. The molecule has 2 fully saturated rings. The second-order valence-electron chi connectivity index (χ2n) is 7.56. The van der Waals surface area contributed by atoms with E-state index in [0.29, 0.717) is 12.3 Å². The van der Waals surface area contributed by atoms with E-state index >= 15 is 0 Å². The average Bonchev–Trinajstić information content (AvgIpc) is 3.56. The van der Waals surface area contributed by atoms with Crippen LogP contribution in [0, 0.1) is 0 Å². The highest BCUT2D eigenvalue weighted by atomic mass is 16.5. The molecule has 1 saturated carbocycles. The van der Waals surface area contributed by atoms with Gasteiger partial charge in [-0.3, -0.25) is 14.7 Å². The van der Waals surface area contributed by atoms with E-state index in [2.05, 4.69) is 15.2 Å². The summed E-state index contributed by atoms with van der Waals surface area (Å²) in [4.78, 5) is 21.7. The number of ether oxygens (including phenoxy) is 1. The number of hydrogen-bond donors (Lipinski definition) is 1. The van der Waals surface area contributed by atoms with Gasteiger partial charge in [0.05, 0.1) is 6.20 Å². The minimum Gasteiger partial charge on any atom is -0.455 e. The normalized spacial score (nSPS) is 18.0. The van der Waals surface area contributed by atoms with Gasteiger partial charge in [0.25, 0.3) is 5.91 Å². The van der Waals surface area contributed by atoms with Gasteiger partial charge in [-0.05, 0) is 56.6 Å². The summed E-state index contributed by atoms with van der Waals surface area (Å²) in [5.41, 5.74) is 1.69. The number of carbonyl (C=O) groups is 1. The quantitative estimate of drug-likeness (QED) is 0.835. The summed E-state index contributed by atoms with van der Waals surface area (Å²) >= 11 is 0. The lowest BCUT2D eigenvalue weighted by Crippen LogP contribution is -2.35. The molecule has 28 heavy (non-hydrogen) atoms. The fourth-order valence-corrected chi connectivity index (χ4v) is 3.80. The maximum absolute atomic E-state index is 13.1. The van der Waals surface area contributed by atoms with Crippen molar-refractivity contribution in [2.45, 2.75) is 31.8 Å². The summed E-state index contributed by atoms with van der Waals surface area (Å²) in [5.74, 6) is 1.55. The molecule has 2 aliphatic rings. The largest absolute Gasteiger partial charge is 0.455 e. The van der Waals surface area contributed by atoms with Crippen molar-refractivity contribution in [2.75, 3.05) is 33.2 Å². The van der Waals surface area contributed by atoms with Crippen LogP contribution in [0.1, 0.15) is 35.2 Å². The first kappa shape index (κ1) is 18.9. The lowest BCUT2D eigenvalue weighted by molar-refractivity contribution is 0.0761. The number of amides is 1. The lowest BCUT2D eigenvalue weighted by Gasteiger charge is -2.22. The van der Waals surface area contributed by atoms with Crippen molar-refractivity contribution in [1.82, 2.24) is 20.1 Å². The Kier molecular flexibility index (Phi) is 5.88. The molecule has 2 heterocycles. The van der Waals surface area contributed by atoms with Crippen LogP contribution in [0.2, 0.25) is 0 Å². The van der Waals surface area contributed by atoms with E-state index in [9.17, 15) is 4.79 Å². The zero-order chi connectivity index (χ0) is 19.3. The van der Waals surface area contributed by atoms with Crippen LogP contribution in [0.5, 0.6) is 11.5 Å². The van der Waals surface area contributed by atoms with Gasteiger partial charge >= 0.3 is 0 Å². The zero-order valence-electron chi connectivity index (χ0n) is 16.4. The van der Waals surface area contributed by atoms with Crippen molar-refractivity contribution in [2.24, 2.45) is 0 Å². The first-order valence-electron chi connectivity index (χ1n) is 10.1. The predicted molar refractivity (Wildman–Crippen MR) is 109 cm³/mol. The summed E-state index contributed by atoms with van der Waals surface area (Å²) in [5, 5.41) is 3.16. The molecule has 1 saturated heterocycles. The molecule has 1 amide bonds. The smallest absolute Gasteiger partial charge is 0.253 e. The number of nitrogens with zero attached hydrogens (tertiary/aromatic N) is 3. The Morgan fingerprint density at radius 3 is 2.86 bits per heavy atom. The maximum atomic E-state index is 13.1. The van der Waals surface area contributed by atoms with Gasteiger partial charge in [-0.15, -0.1) is 0 Å². The van der Waals surface area contributed by atoms with E-state index in [0.717, 1.165) is 55.5 Å². The van der Waals surface area contributed by atoms with Gasteiger partial charge in [0.15, 0.2) is 0 Å². The molecule has 1 aromatic heterocycles. The molecule has 4 rings (SSSR count). The predicted octanol–water partition coefficient (Wildman–Crippen LogP) is 2.90. The Balaban J connectivity index is 1.48. The van der Waals surface area contributed by atoms with Crippen LogP contribution in [0.15, 0.2) is 42.7 Å². The van der Waals surface area contributed by atoms with Crippen molar-refractivity contribution < 1.29 is 9.53 Å². The summed E-state index contributed by atoms with van der Waals surface area (Å²) in [7, 11) is 1.89. The molecule has 1 aliphatic carbocycles. The van der Waals surface area contributed by atoms with E-state index in [1.165, 1.54) is 12.8 Å². The van der Waals surface area contributed by atoms with E-state index in [1.807, 2.05) is 42.3 Å². The topological polar surface area (TPSA) is 57.7 Å². The number of hydrogen-bond acceptors (Lipinski definition) is 5. The molecule has 1 aliphatic heterocycles. The average molecular weight is 380 g/mol. The van der Waals surface area contributed by atoms with Gasteiger partial charge in [-0.2, -0.15) is 0 Å². The van der Waals surface area contributed by atoms with Crippen LogP contribution in [-0.2, 0) is 6.54 Å². The summed E-state index contributed by atoms with van der Waals surface area (Å²) in [6.45, 7) is 4.37. The molecule has 0 atom stereocenters. The van der Waals surface area contributed by atoms with E-state index in [-0.39, 0.29) is 5.91 Å². The van der Waals surface area contributed by atoms with Crippen LogP contribution < -0.4 is 10.1 Å². The molecule has 6 nitrogen and oxygen atoms in total. The molecule has 0 bridgehead atoms. The maximum Gasteiger partial charge on any atom is 0.253 e. The highest BCUT2D eigenvalue weighted by molar-refractivity contribution is 5.94. The van der Waals surface area contributed by atoms with Crippen LogP contribution >= 0.6 is 0 Å². The number of carbonyl (C=O) groups excluding carboxylic acids is 1. The summed E-state index contributed by atoms with van der Waals surface area (Å²) < 4.78 is 5.98. The fourth-order valence-electron chi connectivity index (χ4n) is 3.80. The Labute approximate surface area is 166 Å². The number of aromatic nitrogens is 1. The summed E-state index contributed by atoms with van der Waals surface area (Å²) in [6, 6.07) is 10.2. The van der Waals surface area contributed by atoms with Crippen LogP contribution in [0.25, 0.3) is 0 Å². The SMILES string of the molecule is CNCc1cc(C(=O)N2CCCN(C3CC3)CC2)ccc1Oc1cccnc1. The van der Waals surface area contributed by atoms with Crippen molar-refractivity contribution in [1.29, 1.82) is 0 Å². The van der Waals surface area contributed by atoms with Gasteiger partial charge < -0.3 is 15.0 Å². The Morgan fingerprint density at radius 2 is 2.11 bits per heavy atom. The minimum atomic E-state index is 0.114. The Bertz CT molecular complexity index is 807. The van der Waals surface area contributed by atoms with Crippen molar-refractivity contribution in [3.05, 3.63) is 53.9 Å². The number of rotatable bonds is 6. The first-order chi connectivity index (χ1) is 13.7. The molecule has 1 aromatic carbocycles. The van der Waals surface area contributed by atoms with Crippen LogP contribution in [0.4, 0.5) is 0 Å². The van der Waals surface area contributed by atoms with E-state index in [4.69, 9.17) is 4.74 Å². The number of benzene rings is 1. The van der Waals surface area contributed by atoms with Crippen molar-refractivity contribution in [3.63, 3.8) is 0 Å². The molecule has 0 radical (unpaired) electrons. The molecule has 148 valence electrons. The number of nitrogens with one attached hydrogen (secondary N) is 1. The first-order valence-corrected chi connectivity index (χ1v) is 10.1. The molecule has 6 heteroatoms. The van der Waals surface area contributed by atoms with Gasteiger partial charge in [0.2, 0.25) is 0 Å². The monoisotopic (exact) mass is 380 g/mol. The Morgan fingerprint density at radius 1 is 1.21 bits per heavy atom. The van der Waals surface area contributed by atoms with Gasteiger partial charge in [0.1, 0.15) is 11.5 Å². The van der Waals surface area contributed by atoms with Crippen molar-refractivity contribution in [3.8, 4) is 11.5 Å².